The second-order valence-electron chi connectivity index (χ2n) is 7.38. The summed E-state index contributed by atoms with van der Waals surface area (Å²) >= 11 is 0. The van der Waals surface area contributed by atoms with E-state index in [9.17, 15) is 4.79 Å². The highest BCUT2D eigenvalue weighted by atomic mass is 16.5. The summed E-state index contributed by atoms with van der Waals surface area (Å²) in [6.07, 6.45) is 1.81. The molecule has 2 fully saturated rings. The van der Waals surface area contributed by atoms with E-state index in [4.69, 9.17) is 4.74 Å². The largest absolute Gasteiger partial charge is 0.378 e. The lowest BCUT2D eigenvalue weighted by Crippen LogP contribution is -2.49. The zero-order chi connectivity index (χ0) is 19.6. The second kappa shape index (κ2) is 7.71. The minimum atomic E-state index is 0.0795. The van der Waals surface area contributed by atoms with Gasteiger partial charge in [-0.2, -0.15) is 0 Å². The van der Waals surface area contributed by atoms with Crippen molar-refractivity contribution in [1.82, 2.24) is 20.1 Å². The minimum absolute atomic E-state index is 0.0795. The number of fused-ring (bicyclic) bond motifs is 1. The first-order valence-corrected chi connectivity index (χ1v) is 10.1. The molecule has 1 aromatic carbocycles. The summed E-state index contributed by atoms with van der Waals surface area (Å²) in [5.41, 5.74) is 1.73. The van der Waals surface area contributed by atoms with Gasteiger partial charge in [-0.3, -0.25) is 4.79 Å². The number of morpholine rings is 1. The first-order chi connectivity index (χ1) is 14.3. The number of ether oxygens (including phenoxy) is 1. The predicted molar refractivity (Wildman–Crippen MR) is 111 cm³/mol. The van der Waals surface area contributed by atoms with E-state index in [1.165, 1.54) is 0 Å². The number of hydrogen-bond donors (Lipinski definition) is 1. The molecule has 2 aromatic heterocycles. The number of rotatable bonds is 3. The Morgan fingerprint density at radius 3 is 2.21 bits per heavy atom. The van der Waals surface area contributed by atoms with Crippen LogP contribution in [0.25, 0.3) is 10.9 Å². The molecular weight excluding hydrogens is 368 g/mol. The van der Waals surface area contributed by atoms with Crippen LogP contribution >= 0.6 is 0 Å². The normalized spacial score (nSPS) is 17.7. The van der Waals surface area contributed by atoms with Crippen molar-refractivity contribution >= 4 is 28.4 Å². The minimum Gasteiger partial charge on any atom is -0.378 e. The number of carbonyl (C=O) groups is 1. The number of aromatic nitrogens is 3. The summed E-state index contributed by atoms with van der Waals surface area (Å²) in [6, 6.07) is 12.0. The number of nitrogens with zero attached hydrogens (tertiary/aromatic N) is 5. The topological polar surface area (TPSA) is 77.6 Å². The fourth-order valence-corrected chi connectivity index (χ4v) is 4.01. The molecule has 29 heavy (non-hydrogen) atoms. The molecule has 0 atom stereocenters. The first-order valence-electron chi connectivity index (χ1n) is 10.1. The van der Waals surface area contributed by atoms with Crippen LogP contribution in [0, 0.1) is 0 Å². The number of anilines is 2. The van der Waals surface area contributed by atoms with Gasteiger partial charge in [0.05, 0.1) is 18.8 Å². The zero-order valence-electron chi connectivity index (χ0n) is 16.3. The number of nitrogens with one attached hydrogen (secondary N) is 1. The van der Waals surface area contributed by atoms with Gasteiger partial charge >= 0.3 is 0 Å². The van der Waals surface area contributed by atoms with Crippen LogP contribution in [0.5, 0.6) is 0 Å². The Morgan fingerprint density at radius 1 is 0.862 bits per heavy atom. The van der Waals surface area contributed by atoms with Gasteiger partial charge < -0.3 is 24.4 Å². The highest BCUT2D eigenvalue weighted by Gasteiger charge is 2.25. The fraction of sp³-hybridized carbons (Fsp3) is 0.381. The lowest BCUT2D eigenvalue weighted by atomic mass is 10.1. The van der Waals surface area contributed by atoms with Gasteiger partial charge in [-0.25, -0.2) is 0 Å². The predicted octanol–water partition coefficient (Wildman–Crippen LogP) is 1.76. The molecule has 2 saturated heterocycles. The Labute approximate surface area is 169 Å². The number of para-hydroxylation sites is 1. The summed E-state index contributed by atoms with van der Waals surface area (Å²) in [4.78, 5) is 22.5. The van der Waals surface area contributed by atoms with Crippen molar-refractivity contribution < 1.29 is 9.53 Å². The lowest BCUT2D eigenvalue weighted by Gasteiger charge is -2.35. The van der Waals surface area contributed by atoms with Gasteiger partial charge in [0.15, 0.2) is 11.6 Å². The van der Waals surface area contributed by atoms with Gasteiger partial charge in [0.25, 0.3) is 5.91 Å². The maximum absolute atomic E-state index is 13.0. The number of carbonyl (C=O) groups excluding carboxylic acids is 1. The number of H-pyrrole nitrogens is 1. The molecule has 3 aromatic rings. The van der Waals surface area contributed by atoms with Gasteiger partial charge in [0.2, 0.25) is 0 Å². The molecular formula is C21H24N6O2. The number of hydrogen-bond acceptors (Lipinski definition) is 6. The molecule has 150 valence electrons. The van der Waals surface area contributed by atoms with E-state index in [2.05, 4.69) is 25.0 Å². The van der Waals surface area contributed by atoms with Crippen molar-refractivity contribution in [1.29, 1.82) is 0 Å². The Kier molecular flexibility index (Phi) is 4.77. The van der Waals surface area contributed by atoms with E-state index < -0.39 is 0 Å². The molecule has 4 heterocycles. The summed E-state index contributed by atoms with van der Waals surface area (Å²) in [5.74, 6) is 1.84. The fourth-order valence-electron chi connectivity index (χ4n) is 4.01. The van der Waals surface area contributed by atoms with Crippen molar-refractivity contribution in [2.24, 2.45) is 0 Å². The Bertz CT molecular complexity index is 988. The number of piperazine rings is 1. The third-order valence-electron chi connectivity index (χ3n) is 5.68. The van der Waals surface area contributed by atoms with Crippen molar-refractivity contribution in [2.45, 2.75) is 0 Å². The van der Waals surface area contributed by atoms with Crippen LogP contribution in [0.4, 0.5) is 11.6 Å². The monoisotopic (exact) mass is 392 g/mol. The van der Waals surface area contributed by atoms with Crippen molar-refractivity contribution in [3.63, 3.8) is 0 Å². The third kappa shape index (κ3) is 3.51. The number of amides is 1. The molecule has 1 amide bonds. The maximum atomic E-state index is 13.0. The molecule has 0 radical (unpaired) electrons. The van der Waals surface area contributed by atoms with E-state index in [0.29, 0.717) is 13.1 Å². The molecule has 2 aliphatic heterocycles. The second-order valence-corrected chi connectivity index (χ2v) is 7.38. The Hall–Kier alpha value is -3.13. The molecule has 0 bridgehead atoms. The van der Waals surface area contributed by atoms with Crippen molar-refractivity contribution in [3.8, 4) is 0 Å². The smallest absolute Gasteiger partial charge is 0.256 e. The van der Waals surface area contributed by atoms with Gasteiger partial charge in [0, 0.05) is 56.4 Å². The van der Waals surface area contributed by atoms with E-state index in [1.54, 1.807) is 0 Å². The van der Waals surface area contributed by atoms with Gasteiger partial charge in [0.1, 0.15) is 0 Å². The van der Waals surface area contributed by atoms with Gasteiger partial charge in [-0.15, -0.1) is 10.2 Å². The summed E-state index contributed by atoms with van der Waals surface area (Å²) < 4.78 is 5.39. The molecule has 0 saturated carbocycles. The van der Waals surface area contributed by atoms with Crippen LogP contribution in [0.2, 0.25) is 0 Å². The van der Waals surface area contributed by atoms with Crippen LogP contribution in [-0.2, 0) is 4.74 Å². The molecule has 0 spiro atoms. The average molecular weight is 392 g/mol. The number of benzene rings is 1. The van der Waals surface area contributed by atoms with Crippen molar-refractivity contribution in [2.75, 3.05) is 62.3 Å². The lowest BCUT2D eigenvalue weighted by molar-refractivity contribution is 0.0748. The average Bonchev–Trinajstić information content (AvgIpc) is 3.24. The standard InChI is InChI=1S/C21H24N6O2/c28-21(17-15-22-18-4-2-1-3-16(17)18)27-9-7-25(8-10-27)19-5-6-20(24-23-19)26-11-13-29-14-12-26/h1-6,15,22H,7-14H2. The molecule has 0 unspecified atom stereocenters. The molecule has 8 heteroatoms. The summed E-state index contributed by atoms with van der Waals surface area (Å²) in [5, 5.41) is 9.80. The van der Waals surface area contributed by atoms with Crippen LogP contribution in [0.15, 0.2) is 42.6 Å². The summed E-state index contributed by atoms with van der Waals surface area (Å²) in [6.45, 7) is 6.01. The van der Waals surface area contributed by atoms with E-state index >= 15 is 0 Å². The Balaban J connectivity index is 1.22. The molecule has 2 aliphatic rings. The van der Waals surface area contributed by atoms with E-state index in [0.717, 1.165) is 67.5 Å². The number of aromatic amines is 1. The van der Waals surface area contributed by atoms with Crippen LogP contribution in [0.3, 0.4) is 0 Å². The van der Waals surface area contributed by atoms with Crippen LogP contribution in [0.1, 0.15) is 10.4 Å². The molecule has 5 rings (SSSR count). The SMILES string of the molecule is O=C(c1c[nH]c2ccccc12)N1CCN(c2ccc(N3CCOCC3)nn2)CC1. The highest BCUT2D eigenvalue weighted by Crippen LogP contribution is 2.21. The summed E-state index contributed by atoms with van der Waals surface area (Å²) in [7, 11) is 0. The van der Waals surface area contributed by atoms with Crippen molar-refractivity contribution in [3.05, 3.63) is 48.2 Å². The molecule has 8 nitrogen and oxygen atoms in total. The van der Waals surface area contributed by atoms with E-state index in [-0.39, 0.29) is 5.91 Å². The first kappa shape index (κ1) is 17.9. The maximum Gasteiger partial charge on any atom is 0.256 e. The van der Waals surface area contributed by atoms with Crippen LogP contribution < -0.4 is 9.80 Å². The third-order valence-corrected chi connectivity index (χ3v) is 5.68. The van der Waals surface area contributed by atoms with Gasteiger partial charge in [-0.05, 0) is 18.2 Å². The molecule has 1 N–H and O–H groups in total. The quantitative estimate of drug-likeness (QED) is 0.732. The highest BCUT2D eigenvalue weighted by molar-refractivity contribution is 6.06. The van der Waals surface area contributed by atoms with Gasteiger partial charge in [-0.1, -0.05) is 18.2 Å². The van der Waals surface area contributed by atoms with Crippen LogP contribution in [-0.4, -0.2) is 78.5 Å². The zero-order valence-corrected chi connectivity index (χ0v) is 16.3. The Morgan fingerprint density at radius 2 is 1.52 bits per heavy atom. The molecule has 0 aliphatic carbocycles. The van der Waals surface area contributed by atoms with E-state index in [1.807, 2.05) is 47.5 Å².